The number of hydrogen-bond donors (Lipinski definition) is 3. The maximum absolute atomic E-state index is 12.0. The van der Waals surface area contributed by atoms with Crippen molar-refractivity contribution in [2.24, 2.45) is 0 Å². The van der Waals surface area contributed by atoms with Crippen molar-refractivity contribution in [1.29, 1.82) is 0 Å². The highest BCUT2D eigenvalue weighted by molar-refractivity contribution is 6.50. The SMILES string of the molecule is CCO.Nc1ccccc1C(=O)C(=O)c1ccccc1N. The molecule has 0 saturated heterocycles. The van der Waals surface area contributed by atoms with Gasteiger partial charge >= 0.3 is 0 Å². The van der Waals surface area contributed by atoms with E-state index in [0.717, 1.165) is 0 Å². The van der Waals surface area contributed by atoms with Gasteiger partial charge in [0.2, 0.25) is 11.6 Å². The van der Waals surface area contributed by atoms with Crippen molar-refractivity contribution >= 4 is 22.9 Å². The summed E-state index contributed by atoms with van der Waals surface area (Å²) in [5, 5.41) is 7.57. The van der Waals surface area contributed by atoms with E-state index in [1.165, 1.54) is 12.1 Å². The smallest absolute Gasteiger partial charge is 0.235 e. The summed E-state index contributed by atoms with van der Waals surface area (Å²) in [6, 6.07) is 12.9. The lowest BCUT2D eigenvalue weighted by Gasteiger charge is -2.05. The van der Waals surface area contributed by atoms with Crippen LogP contribution in [0.1, 0.15) is 27.6 Å². The largest absolute Gasteiger partial charge is 0.398 e. The van der Waals surface area contributed by atoms with Crippen molar-refractivity contribution in [3.63, 3.8) is 0 Å². The Balaban J connectivity index is 0.000000677. The van der Waals surface area contributed by atoms with E-state index in [-0.39, 0.29) is 29.1 Å². The lowest BCUT2D eigenvalue weighted by Crippen LogP contribution is -2.17. The molecule has 5 N–H and O–H groups in total. The predicted octanol–water partition coefficient (Wildman–Crippen LogP) is 1.92. The fraction of sp³-hybridized carbons (Fsp3) is 0.125. The third kappa shape index (κ3) is 4.15. The van der Waals surface area contributed by atoms with Crippen LogP contribution < -0.4 is 11.5 Å². The minimum atomic E-state index is -0.647. The zero-order valence-electron chi connectivity index (χ0n) is 11.7. The van der Waals surface area contributed by atoms with Crippen molar-refractivity contribution in [1.82, 2.24) is 0 Å². The molecule has 2 aromatic rings. The summed E-state index contributed by atoms with van der Waals surface area (Å²) in [5.74, 6) is -1.29. The number of hydrogen-bond acceptors (Lipinski definition) is 5. The number of anilines is 2. The van der Waals surface area contributed by atoms with Crippen LogP contribution in [0.4, 0.5) is 11.4 Å². The van der Waals surface area contributed by atoms with Gasteiger partial charge in [0.15, 0.2) is 0 Å². The summed E-state index contributed by atoms with van der Waals surface area (Å²) >= 11 is 0. The van der Waals surface area contributed by atoms with E-state index in [9.17, 15) is 9.59 Å². The van der Waals surface area contributed by atoms with Crippen molar-refractivity contribution in [2.75, 3.05) is 18.1 Å². The molecule has 0 atom stereocenters. The van der Waals surface area contributed by atoms with E-state index in [0.29, 0.717) is 0 Å². The molecule has 2 rings (SSSR count). The molecule has 0 spiro atoms. The highest BCUT2D eigenvalue weighted by atomic mass is 16.2. The van der Waals surface area contributed by atoms with Crippen LogP contribution >= 0.6 is 0 Å². The molecule has 0 aromatic heterocycles. The summed E-state index contributed by atoms with van der Waals surface area (Å²) in [4.78, 5) is 24.1. The molecule has 0 amide bonds. The molecule has 0 unspecified atom stereocenters. The number of carbonyl (C=O) groups is 2. The number of nitrogen functional groups attached to an aromatic ring is 2. The molecule has 0 aliphatic heterocycles. The number of benzene rings is 2. The molecular weight excluding hydrogens is 268 g/mol. The van der Waals surface area contributed by atoms with E-state index in [1.807, 2.05) is 0 Å². The standard InChI is InChI=1S/C14H12N2O2.C2H6O/c15-11-7-3-1-5-9(11)13(17)14(18)10-6-2-4-8-12(10)16;1-2-3/h1-8H,15-16H2;3H,2H2,1H3. The molecule has 110 valence electrons. The number of aliphatic hydroxyl groups excluding tert-OH is 1. The number of rotatable bonds is 3. The molecule has 0 aliphatic rings. The first-order valence-corrected chi connectivity index (χ1v) is 6.41. The van der Waals surface area contributed by atoms with Crippen LogP contribution in [0.5, 0.6) is 0 Å². The van der Waals surface area contributed by atoms with E-state index in [2.05, 4.69) is 0 Å². The third-order valence-electron chi connectivity index (χ3n) is 2.62. The summed E-state index contributed by atoms with van der Waals surface area (Å²) in [6.45, 7) is 1.93. The van der Waals surface area contributed by atoms with Gasteiger partial charge < -0.3 is 16.6 Å². The van der Waals surface area contributed by atoms with Crippen LogP contribution in [0, 0.1) is 0 Å². The zero-order chi connectivity index (χ0) is 15.8. The molecule has 0 aliphatic carbocycles. The lowest BCUT2D eigenvalue weighted by molar-refractivity contribution is 0.0818. The minimum Gasteiger partial charge on any atom is -0.398 e. The molecule has 0 radical (unpaired) electrons. The van der Waals surface area contributed by atoms with Gasteiger partial charge in [0.1, 0.15) is 0 Å². The maximum atomic E-state index is 12.0. The maximum Gasteiger partial charge on any atom is 0.235 e. The van der Waals surface area contributed by atoms with Gasteiger partial charge in [-0.15, -0.1) is 0 Å². The van der Waals surface area contributed by atoms with Crippen molar-refractivity contribution < 1.29 is 14.7 Å². The first-order valence-electron chi connectivity index (χ1n) is 6.41. The number of carbonyl (C=O) groups excluding carboxylic acids is 2. The second-order valence-corrected chi connectivity index (χ2v) is 4.15. The second kappa shape index (κ2) is 7.81. The van der Waals surface area contributed by atoms with E-state index in [1.54, 1.807) is 43.3 Å². The van der Waals surface area contributed by atoms with Crippen LogP contribution in [-0.4, -0.2) is 23.3 Å². The van der Waals surface area contributed by atoms with E-state index in [4.69, 9.17) is 16.6 Å². The average molecular weight is 286 g/mol. The Bertz CT molecular complexity index is 583. The molecule has 5 nitrogen and oxygen atoms in total. The Hall–Kier alpha value is -2.66. The second-order valence-electron chi connectivity index (χ2n) is 4.15. The summed E-state index contributed by atoms with van der Waals surface area (Å²) < 4.78 is 0. The van der Waals surface area contributed by atoms with Crippen LogP contribution in [0.2, 0.25) is 0 Å². The fourth-order valence-electron chi connectivity index (χ4n) is 1.65. The zero-order valence-corrected chi connectivity index (χ0v) is 11.7. The Morgan fingerprint density at radius 1 is 0.857 bits per heavy atom. The highest BCUT2D eigenvalue weighted by Crippen LogP contribution is 2.17. The Morgan fingerprint density at radius 3 is 1.43 bits per heavy atom. The summed E-state index contributed by atoms with van der Waals surface area (Å²) in [7, 11) is 0. The van der Waals surface area contributed by atoms with Crippen LogP contribution in [0.25, 0.3) is 0 Å². The van der Waals surface area contributed by atoms with Crippen molar-refractivity contribution in [3.8, 4) is 0 Å². The van der Waals surface area contributed by atoms with Gasteiger partial charge in [-0.2, -0.15) is 0 Å². The monoisotopic (exact) mass is 286 g/mol. The van der Waals surface area contributed by atoms with Gasteiger partial charge in [-0.05, 0) is 31.2 Å². The molecule has 0 bridgehead atoms. The van der Waals surface area contributed by atoms with Gasteiger partial charge in [0.05, 0.1) is 0 Å². The number of aliphatic hydroxyl groups is 1. The van der Waals surface area contributed by atoms with Gasteiger partial charge in [0, 0.05) is 29.1 Å². The van der Waals surface area contributed by atoms with Crippen LogP contribution in [0.3, 0.4) is 0 Å². The fourth-order valence-corrected chi connectivity index (χ4v) is 1.65. The van der Waals surface area contributed by atoms with E-state index >= 15 is 0 Å². The Kier molecular flexibility index (Phi) is 6.10. The van der Waals surface area contributed by atoms with Gasteiger partial charge in [-0.3, -0.25) is 9.59 Å². The molecule has 5 heteroatoms. The van der Waals surface area contributed by atoms with Crippen LogP contribution in [0.15, 0.2) is 48.5 Å². The summed E-state index contributed by atoms with van der Waals surface area (Å²) in [5.41, 5.74) is 12.3. The van der Waals surface area contributed by atoms with Gasteiger partial charge in [-0.1, -0.05) is 24.3 Å². The first kappa shape index (κ1) is 16.4. The Labute approximate surface area is 123 Å². The molecule has 21 heavy (non-hydrogen) atoms. The number of Topliss-reactive ketones (excluding diaryl/α,β-unsaturated/α-hetero) is 2. The molecular formula is C16H18N2O3. The highest BCUT2D eigenvalue weighted by Gasteiger charge is 2.21. The van der Waals surface area contributed by atoms with Gasteiger partial charge in [-0.25, -0.2) is 0 Å². The number of nitrogens with two attached hydrogens (primary N) is 2. The predicted molar refractivity (Wildman–Crippen MR) is 83.1 cm³/mol. The number of ketones is 2. The van der Waals surface area contributed by atoms with Crippen molar-refractivity contribution in [3.05, 3.63) is 59.7 Å². The topological polar surface area (TPSA) is 106 Å². The van der Waals surface area contributed by atoms with Gasteiger partial charge in [0.25, 0.3) is 0 Å². The Morgan fingerprint density at radius 2 is 1.14 bits per heavy atom. The van der Waals surface area contributed by atoms with Crippen molar-refractivity contribution in [2.45, 2.75) is 6.92 Å². The van der Waals surface area contributed by atoms with E-state index < -0.39 is 11.6 Å². The molecule has 0 heterocycles. The van der Waals surface area contributed by atoms with Crippen LogP contribution in [-0.2, 0) is 0 Å². The quantitative estimate of drug-likeness (QED) is 0.454. The average Bonchev–Trinajstić information content (AvgIpc) is 2.48. The molecule has 2 aromatic carbocycles. The normalized spacial score (nSPS) is 9.43. The molecule has 0 fully saturated rings. The summed E-state index contributed by atoms with van der Waals surface area (Å²) in [6.07, 6.45) is 0. The first-order chi connectivity index (χ1) is 10.0. The minimum absolute atomic E-state index is 0.200. The lowest BCUT2D eigenvalue weighted by atomic mass is 9.99. The molecule has 0 saturated carbocycles. The third-order valence-corrected chi connectivity index (χ3v) is 2.62. The number of para-hydroxylation sites is 2.